The van der Waals surface area contributed by atoms with Crippen LogP contribution >= 0.6 is 0 Å². The molecule has 84 valence electrons. The van der Waals surface area contributed by atoms with Gasteiger partial charge in [0.15, 0.2) is 23.8 Å². The van der Waals surface area contributed by atoms with Crippen LogP contribution in [0.4, 0.5) is 0 Å². The van der Waals surface area contributed by atoms with Gasteiger partial charge < -0.3 is 10.2 Å². The highest BCUT2D eigenvalue weighted by molar-refractivity contribution is 6.06. The minimum atomic E-state index is -1.01. The maximum atomic E-state index is 10.4. The third-order valence-corrected chi connectivity index (χ3v) is 1.69. The lowest BCUT2D eigenvalue weighted by Crippen LogP contribution is -2.20. The van der Waals surface area contributed by atoms with E-state index in [4.69, 9.17) is 10.2 Å². The normalized spacial score (nSPS) is 26.6. The average Bonchev–Trinajstić information content (AvgIpc) is 2.28. The number of aliphatic imine (C=N–C) groups is 2. The molecule has 0 aliphatic carbocycles. The molecule has 0 amide bonds. The fraction of sp³-hybridized carbons (Fsp3) is 0.200. The van der Waals surface area contributed by atoms with E-state index in [9.17, 15) is 9.59 Å². The van der Waals surface area contributed by atoms with E-state index in [2.05, 4.69) is 9.98 Å². The van der Waals surface area contributed by atoms with Gasteiger partial charge in [0, 0.05) is 37.0 Å². The largest absolute Gasteiger partial charge is 0.379 e. The van der Waals surface area contributed by atoms with Crippen LogP contribution in [0.3, 0.4) is 0 Å². The number of carbonyl (C=O) groups excluding carboxylic acids is 2. The molecule has 2 unspecified atom stereocenters. The molecule has 0 aromatic rings. The Morgan fingerprint density at radius 1 is 0.875 bits per heavy atom. The highest BCUT2D eigenvalue weighted by atomic mass is 16.3. The van der Waals surface area contributed by atoms with Crippen LogP contribution < -0.4 is 0 Å². The first-order valence-corrected chi connectivity index (χ1v) is 4.45. The molecule has 0 saturated carbocycles. The number of hydrogen-bond acceptors (Lipinski definition) is 6. The molecule has 0 fully saturated rings. The number of hydrogen-bond donors (Lipinski definition) is 2. The second kappa shape index (κ2) is 5.84. The van der Waals surface area contributed by atoms with Crippen molar-refractivity contribution in [3.63, 3.8) is 0 Å². The van der Waals surface area contributed by atoms with Crippen molar-refractivity contribution >= 4 is 24.0 Å². The van der Waals surface area contributed by atoms with Gasteiger partial charge in [-0.15, -0.1) is 0 Å². The van der Waals surface area contributed by atoms with Crippen molar-refractivity contribution in [3.05, 3.63) is 24.6 Å². The average molecular weight is 222 g/mol. The van der Waals surface area contributed by atoms with Crippen molar-refractivity contribution in [2.45, 2.75) is 12.2 Å². The Labute approximate surface area is 91.3 Å². The molecule has 0 aromatic heterocycles. The van der Waals surface area contributed by atoms with Crippen molar-refractivity contribution in [2.75, 3.05) is 0 Å². The molecule has 2 N–H and O–H groups in total. The van der Waals surface area contributed by atoms with Crippen LogP contribution in [-0.2, 0) is 9.59 Å². The third-order valence-electron chi connectivity index (χ3n) is 1.69. The monoisotopic (exact) mass is 222 g/mol. The predicted molar refractivity (Wildman–Crippen MR) is 57.3 cm³/mol. The van der Waals surface area contributed by atoms with Crippen LogP contribution in [0.1, 0.15) is 0 Å². The summed E-state index contributed by atoms with van der Waals surface area (Å²) in [4.78, 5) is 27.8. The first kappa shape index (κ1) is 12.2. The maximum Gasteiger partial charge on any atom is 0.191 e. The smallest absolute Gasteiger partial charge is 0.191 e. The third kappa shape index (κ3) is 3.68. The molecule has 0 aromatic carbocycles. The van der Waals surface area contributed by atoms with E-state index >= 15 is 0 Å². The van der Waals surface area contributed by atoms with Crippen LogP contribution in [0, 0.1) is 0 Å². The second-order valence-corrected chi connectivity index (χ2v) is 2.92. The van der Waals surface area contributed by atoms with Crippen LogP contribution in [0.2, 0.25) is 0 Å². The summed E-state index contributed by atoms with van der Waals surface area (Å²) < 4.78 is 0. The van der Waals surface area contributed by atoms with Gasteiger partial charge in [0.25, 0.3) is 0 Å². The summed E-state index contributed by atoms with van der Waals surface area (Å²) >= 11 is 0. The lowest BCUT2D eigenvalue weighted by molar-refractivity contribution is -0.120. The second-order valence-electron chi connectivity index (χ2n) is 2.92. The minimum Gasteiger partial charge on any atom is -0.379 e. The fourth-order valence-electron chi connectivity index (χ4n) is 0.840. The lowest BCUT2D eigenvalue weighted by atomic mass is 10.2. The van der Waals surface area contributed by atoms with Gasteiger partial charge in [-0.1, -0.05) is 0 Å². The van der Waals surface area contributed by atoms with Gasteiger partial charge in [0.2, 0.25) is 0 Å². The van der Waals surface area contributed by atoms with E-state index in [1.807, 2.05) is 0 Å². The predicted octanol–water partition coefficient (Wildman–Crippen LogP) is -0.971. The number of carbonyl (C=O) groups is 2. The van der Waals surface area contributed by atoms with Crippen LogP contribution in [-0.4, -0.2) is 46.4 Å². The quantitative estimate of drug-likeness (QED) is 0.550. The summed E-state index contributed by atoms with van der Waals surface area (Å²) in [6.45, 7) is 0. The number of rotatable bonds is 0. The molecule has 2 rings (SSSR count). The van der Waals surface area contributed by atoms with Crippen LogP contribution in [0.15, 0.2) is 34.5 Å². The Kier molecular flexibility index (Phi) is 4.43. The number of ketones is 2. The van der Waals surface area contributed by atoms with Gasteiger partial charge in [-0.25, -0.2) is 0 Å². The van der Waals surface area contributed by atoms with E-state index in [0.29, 0.717) is 0 Å². The van der Waals surface area contributed by atoms with Crippen molar-refractivity contribution in [1.29, 1.82) is 0 Å². The highest BCUT2D eigenvalue weighted by Gasteiger charge is 2.10. The molecular formula is C10H10N2O4. The number of aliphatic hydroxyl groups excluding tert-OH is 2. The van der Waals surface area contributed by atoms with Gasteiger partial charge in [-0.2, -0.15) is 0 Å². The molecule has 2 atom stereocenters. The first-order chi connectivity index (χ1) is 7.61. The van der Waals surface area contributed by atoms with Crippen molar-refractivity contribution in [2.24, 2.45) is 9.98 Å². The number of aliphatic hydroxyl groups is 2. The van der Waals surface area contributed by atoms with E-state index in [1.54, 1.807) is 0 Å². The first-order valence-electron chi connectivity index (χ1n) is 4.45. The Morgan fingerprint density at radius 3 is 1.44 bits per heavy atom. The molecular weight excluding hydrogens is 212 g/mol. The summed E-state index contributed by atoms with van der Waals surface area (Å²) in [5.74, 6) is -0.611. The van der Waals surface area contributed by atoms with Gasteiger partial charge in [-0.3, -0.25) is 19.6 Å². The van der Waals surface area contributed by atoms with E-state index in [0.717, 1.165) is 0 Å². The van der Waals surface area contributed by atoms with Crippen molar-refractivity contribution in [3.8, 4) is 0 Å². The Morgan fingerprint density at radius 2 is 1.25 bits per heavy atom. The van der Waals surface area contributed by atoms with Crippen LogP contribution in [0.5, 0.6) is 0 Å². The summed E-state index contributed by atoms with van der Waals surface area (Å²) in [7, 11) is 0. The molecule has 2 aliphatic heterocycles. The summed E-state index contributed by atoms with van der Waals surface area (Å²) in [5.41, 5.74) is 0. The van der Waals surface area contributed by atoms with Crippen molar-refractivity contribution < 1.29 is 19.8 Å². The van der Waals surface area contributed by atoms with Gasteiger partial charge >= 0.3 is 0 Å². The van der Waals surface area contributed by atoms with E-state index in [-0.39, 0.29) is 11.6 Å². The van der Waals surface area contributed by atoms with Gasteiger partial charge in [-0.05, 0) is 0 Å². The highest BCUT2D eigenvalue weighted by Crippen LogP contribution is 1.92. The SMILES string of the molecule is O=C1C=CN=CC1O.O=C1C=CN=CC1O. The maximum absolute atomic E-state index is 10.4. The number of nitrogens with zero attached hydrogens (tertiary/aromatic N) is 2. The lowest BCUT2D eigenvalue weighted by Gasteiger charge is -1.99. The summed E-state index contributed by atoms with van der Waals surface area (Å²) in [5, 5.41) is 17.3. The molecule has 0 saturated heterocycles. The minimum absolute atomic E-state index is 0.306. The standard InChI is InChI=1S/2C5H5NO2/c2*7-4-1-2-6-3-5(4)8/h2*1-3,5,8H. The zero-order chi connectivity index (χ0) is 12.0. The summed E-state index contributed by atoms with van der Waals surface area (Å²) in [6, 6.07) is 0. The zero-order valence-corrected chi connectivity index (χ0v) is 8.22. The van der Waals surface area contributed by atoms with Crippen molar-refractivity contribution in [1.82, 2.24) is 0 Å². The molecule has 0 radical (unpaired) electrons. The van der Waals surface area contributed by atoms with Gasteiger partial charge in [0.05, 0.1) is 0 Å². The fourth-order valence-corrected chi connectivity index (χ4v) is 0.840. The summed E-state index contributed by atoms with van der Waals surface area (Å²) in [6.07, 6.45) is 5.56. The molecule has 16 heavy (non-hydrogen) atoms. The Bertz CT molecular complexity index is 358. The van der Waals surface area contributed by atoms with E-state index < -0.39 is 12.2 Å². The topological polar surface area (TPSA) is 99.3 Å². The Balaban J connectivity index is 0.000000160. The Hall–Kier alpha value is -1.92. The molecule has 2 aliphatic rings. The van der Waals surface area contributed by atoms with E-state index in [1.165, 1.54) is 37.0 Å². The van der Waals surface area contributed by atoms with Crippen LogP contribution in [0.25, 0.3) is 0 Å². The molecule has 0 bridgehead atoms. The van der Waals surface area contributed by atoms with Gasteiger partial charge in [0.1, 0.15) is 0 Å². The molecule has 6 heteroatoms. The molecule has 2 heterocycles. The molecule has 6 nitrogen and oxygen atoms in total. The molecule has 0 spiro atoms. The zero-order valence-electron chi connectivity index (χ0n) is 8.22.